The standard InChI is InChI=1S/C27H34F2N4O5S/c1-4-9-39(36,37)33-27-32-25(17(3)38-27)26(35)31-23(13-20-11-21(28)14-22(29)12-20)24(34)16-30-15-19-8-6-7-18(5-2)10-19/h6-8,10-12,14,23-24,30,34H,4-5,9,13,15-16H2,1-3H3,(H,31,35)(H,32,33)/t23-,24-/m0/s1. The molecule has 2 atom stereocenters. The van der Waals surface area contributed by atoms with Crippen LogP contribution >= 0.6 is 0 Å². The highest BCUT2D eigenvalue weighted by molar-refractivity contribution is 7.92. The zero-order valence-electron chi connectivity index (χ0n) is 22.1. The predicted octanol–water partition coefficient (Wildman–Crippen LogP) is 3.47. The van der Waals surface area contributed by atoms with E-state index in [1.54, 1.807) is 6.92 Å². The van der Waals surface area contributed by atoms with Crippen LogP contribution in [0.2, 0.25) is 0 Å². The van der Waals surface area contributed by atoms with Crippen molar-refractivity contribution >= 4 is 21.9 Å². The number of nitrogens with one attached hydrogen (secondary N) is 3. The number of oxazole rings is 1. The molecule has 0 saturated heterocycles. The molecule has 39 heavy (non-hydrogen) atoms. The van der Waals surface area contributed by atoms with Gasteiger partial charge in [0.05, 0.1) is 17.9 Å². The molecule has 3 rings (SSSR count). The summed E-state index contributed by atoms with van der Waals surface area (Å²) in [5, 5.41) is 16.8. The van der Waals surface area contributed by atoms with Crippen LogP contribution in [0, 0.1) is 18.6 Å². The lowest BCUT2D eigenvalue weighted by Crippen LogP contribution is -2.48. The average molecular weight is 565 g/mol. The minimum absolute atomic E-state index is 0.0562. The van der Waals surface area contributed by atoms with Crippen molar-refractivity contribution in [2.45, 2.75) is 58.7 Å². The molecule has 2 aromatic carbocycles. The number of amides is 1. The highest BCUT2D eigenvalue weighted by Crippen LogP contribution is 2.17. The first-order chi connectivity index (χ1) is 18.5. The zero-order valence-corrected chi connectivity index (χ0v) is 22.9. The lowest BCUT2D eigenvalue weighted by molar-refractivity contribution is 0.0824. The smallest absolute Gasteiger partial charge is 0.309 e. The van der Waals surface area contributed by atoms with Gasteiger partial charge in [0.25, 0.3) is 5.91 Å². The molecule has 0 aliphatic rings. The summed E-state index contributed by atoms with van der Waals surface area (Å²) in [5.41, 5.74) is 2.24. The van der Waals surface area contributed by atoms with E-state index in [0.29, 0.717) is 13.0 Å². The van der Waals surface area contributed by atoms with Crippen LogP contribution in [-0.4, -0.2) is 48.9 Å². The third kappa shape index (κ3) is 9.12. The molecule has 0 aliphatic heterocycles. The number of benzene rings is 2. The summed E-state index contributed by atoms with van der Waals surface area (Å²) in [6.07, 6.45) is 0.0320. The number of aromatic nitrogens is 1. The Labute approximate surface area is 227 Å². The van der Waals surface area contributed by atoms with Crippen molar-refractivity contribution in [3.63, 3.8) is 0 Å². The summed E-state index contributed by atoms with van der Waals surface area (Å²) in [6, 6.07) is 9.64. The lowest BCUT2D eigenvalue weighted by Gasteiger charge is -2.24. The number of aryl methyl sites for hydroxylation is 2. The Hall–Kier alpha value is -3.35. The number of sulfonamides is 1. The number of hydrogen-bond acceptors (Lipinski definition) is 7. The van der Waals surface area contributed by atoms with Gasteiger partial charge in [-0.2, -0.15) is 4.98 Å². The third-order valence-electron chi connectivity index (χ3n) is 5.97. The topological polar surface area (TPSA) is 134 Å². The van der Waals surface area contributed by atoms with E-state index < -0.39 is 39.7 Å². The van der Waals surface area contributed by atoms with Crippen molar-refractivity contribution in [3.8, 4) is 0 Å². The molecule has 0 radical (unpaired) electrons. The van der Waals surface area contributed by atoms with E-state index in [1.165, 1.54) is 12.5 Å². The van der Waals surface area contributed by atoms with E-state index in [2.05, 4.69) is 27.3 Å². The Kier molecular flexibility index (Phi) is 10.6. The number of anilines is 1. The van der Waals surface area contributed by atoms with Crippen LogP contribution in [0.3, 0.4) is 0 Å². The summed E-state index contributed by atoms with van der Waals surface area (Å²) in [6.45, 7) is 5.73. The summed E-state index contributed by atoms with van der Waals surface area (Å²) < 4.78 is 59.2. The van der Waals surface area contributed by atoms with E-state index in [9.17, 15) is 27.1 Å². The molecule has 1 heterocycles. The summed E-state index contributed by atoms with van der Waals surface area (Å²) in [7, 11) is -3.69. The van der Waals surface area contributed by atoms with Gasteiger partial charge in [0.1, 0.15) is 17.4 Å². The Balaban J connectivity index is 1.75. The minimum atomic E-state index is -3.69. The molecule has 9 nitrogen and oxygen atoms in total. The molecule has 0 fully saturated rings. The Bertz CT molecular complexity index is 1360. The molecule has 12 heteroatoms. The lowest BCUT2D eigenvalue weighted by atomic mass is 10.00. The van der Waals surface area contributed by atoms with Gasteiger partial charge in [-0.05, 0) is 55.0 Å². The third-order valence-corrected chi connectivity index (χ3v) is 7.40. The van der Waals surface area contributed by atoms with Crippen molar-refractivity contribution in [1.29, 1.82) is 0 Å². The molecule has 0 unspecified atom stereocenters. The second kappa shape index (κ2) is 13.6. The largest absolute Gasteiger partial charge is 0.428 e. The van der Waals surface area contributed by atoms with Gasteiger partial charge in [0, 0.05) is 19.2 Å². The van der Waals surface area contributed by atoms with Crippen LogP contribution in [0.15, 0.2) is 46.9 Å². The monoisotopic (exact) mass is 564 g/mol. The number of rotatable bonds is 14. The van der Waals surface area contributed by atoms with Gasteiger partial charge in [-0.1, -0.05) is 38.1 Å². The normalized spacial score (nSPS) is 13.2. The molecule has 0 spiro atoms. The van der Waals surface area contributed by atoms with Gasteiger partial charge in [-0.3, -0.25) is 4.79 Å². The molecule has 212 valence electrons. The fourth-order valence-electron chi connectivity index (χ4n) is 4.07. The van der Waals surface area contributed by atoms with Gasteiger partial charge in [-0.25, -0.2) is 21.9 Å². The summed E-state index contributed by atoms with van der Waals surface area (Å²) in [5.74, 6) is -2.40. The highest BCUT2D eigenvalue weighted by atomic mass is 32.2. The Morgan fingerprint density at radius 1 is 1.08 bits per heavy atom. The van der Waals surface area contributed by atoms with Crippen LogP contribution < -0.4 is 15.4 Å². The van der Waals surface area contributed by atoms with Crippen LogP contribution in [0.4, 0.5) is 14.8 Å². The van der Waals surface area contributed by atoms with Gasteiger partial charge >= 0.3 is 6.01 Å². The Morgan fingerprint density at radius 3 is 2.44 bits per heavy atom. The second-order valence-electron chi connectivity index (χ2n) is 9.28. The number of nitrogens with zero attached hydrogens (tertiary/aromatic N) is 1. The molecule has 3 aromatic rings. The number of halogens is 2. The van der Waals surface area contributed by atoms with Crippen LogP contribution in [0.25, 0.3) is 0 Å². The molecule has 0 saturated carbocycles. The van der Waals surface area contributed by atoms with Crippen molar-refractivity contribution in [2.75, 3.05) is 17.0 Å². The maximum Gasteiger partial charge on any atom is 0.309 e. The fraction of sp³-hybridized carbons (Fsp3) is 0.407. The van der Waals surface area contributed by atoms with E-state index in [1.807, 2.05) is 24.3 Å². The van der Waals surface area contributed by atoms with Crippen LogP contribution in [0.1, 0.15) is 53.2 Å². The zero-order chi connectivity index (χ0) is 28.6. The molecule has 4 N–H and O–H groups in total. The number of aliphatic hydroxyl groups is 1. The summed E-state index contributed by atoms with van der Waals surface area (Å²) >= 11 is 0. The first-order valence-corrected chi connectivity index (χ1v) is 14.3. The minimum Gasteiger partial charge on any atom is -0.428 e. The van der Waals surface area contributed by atoms with Gasteiger partial charge in [-0.15, -0.1) is 0 Å². The molecule has 1 aromatic heterocycles. The van der Waals surface area contributed by atoms with Crippen molar-refractivity contribution in [1.82, 2.24) is 15.6 Å². The van der Waals surface area contributed by atoms with Crippen molar-refractivity contribution in [2.24, 2.45) is 0 Å². The molecule has 0 aliphatic carbocycles. The number of carbonyl (C=O) groups is 1. The molecule has 1 amide bonds. The maximum atomic E-state index is 13.8. The first kappa shape index (κ1) is 30.2. The van der Waals surface area contributed by atoms with Gasteiger partial charge in [0.15, 0.2) is 5.69 Å². The quantitative estimate of drug-likeness (QED) is 0.236. The van der Waals surface area contributed by atoms with E-state index in [0.717, 1.165) is 30.2 Å². The molecule has 0 bridgehead atoms. The Morgan fingerprint density at radius 2 is 1.77 bits per heavy atom. The average Bonchev–Trinajstić information content (AvgIpc) is 3.22. The van der Waals surface area contributed by atoms with E-state index >= 15 is 0 Å². The molecular formula is C27H34F2N4O5S. The molecular weight excluding hydrogens is 530 g/mol. The SMILES string of the molecule is CCCS(=O)(=O)Nc1nc(C(=O)N[C@@H](Cc2cc(F)cc(F)c2)[C@@H](O)CNCc2cccc(CC)c2)c(C)o1. The van der Waals surface area contributed by atoms with Crippen molar-refractivity contribution in [3.05, 3.63) is 82.2 Å². The predicted molar refractivity (Wildman–Crippen MR) is 144 cm³/mol. The maximum absolute atomic E-state index is 13.8. The first-order valence-electron chi connectivity index (χ1n) is 12.7. The van der Waals surface area contributed by atoms with Crippen LogP contribution in [-0.2, 0) is 29.4 Å². The van der Waals surface area contributed by atoms with Gasteiger partial charge in [0.2, 0.25) is 10.0 Å². The fourth-order valence-corrected chi connectivity index (χ4v) is 5.07. The van der Waals surface area contributed by atoms with Crippen molar-refractivity contribution < 1.29 is 31.5 Å². The second-order valence-corrected chi connectivity index (χ2v) is 11.1. The highest BCUT2D eigenvalue weighted by Gasteiger charge is 2.26. The van der Waals surface area contributed by atoms with Gasteiger partial charge < -0.3 is 20.2 Å². The van der Waals surface area contributed by atoms with E-state index in [-0.39, 0.29) is 41.8 Å². The number of carbonyl (C=O) groups excluding carboxylic acids is 1. The number of aliphatic hydroxyl groups excluding tert-OH is 1. The van der Waals surface area contributed by atoms with E-state index in [4.69, 9.17) is 4.42 Å². The van der Waals surface area contributed by atoms with Crippen LogP contribution in [0.5, 0.6) is 0 Å². The number of hydrogen-bond donors (Lipinski definition) is 4. The summed E-state index contributed by atoms with van der Waals surface area (Å²) in [4.78, 5) is 17.0.